The second-order valence-corrected chi connectivity index (χ2v) is 4.95. The Kier molecular flexibility index (Phi) is 7.46. The Labute approximate surface area is 109 Å². The van der Waals surface area contributed by atoms with Crippen molar-refractivity contribution in [2.75, 3.05) is 13.2 Å². The van der Waals surface area contributed by atoms with Crippen LogP contribution < -0.4 is 5.32 Å². The third-order valence-corrected chi connectivity index (χ3v) is 3.46. The molecule has 0 unspecified atom stereocenters. The van der Waals surface area contributed by atoms with E-state index in [1.165, 1.54) is 32.1 Å². The highest BCUT2D eigenvalue weighted by Gasteiger charge is 2.14. The first-order chi connectivity index (χ1) is 8.72. The van der Waals surface area contributed by atoms with Crippen molar-refractivity contribution in [3.63, 3.8) is 0 Å². The van der Waals surface area contributed by atoms with Gasteiger partial charge >= 0.3 is 5.97 Å². The van der Waals surface area contributed by atoms with Crippen LogP contribution in [0.25, 0.3) is 0 Å². The molecule has 104 valence electrons. The van der Waals surface area contributed by atoms with Gasteiger partial charge in [0.1, 0.15) is 0 Å². The predicted molar refractivity (Wildman–Crippen MR) is 70.1 cm³/mol. The SMILES string of the molecule is CCOC(=O)CCNC(=O)CCC1CCCCC1. The highest BCUT2D eigenvalue weighted by atomic mass is 16.5. The Hall–Kier alpha value is -1.06. The van der Waals surface area contributed by atoms with Crippen molar-refractivity contribution >= 4 is 11.9 Å². The van der Waals surface area contributed by atoms with Gasteiger partial charge in [0, 0.05) is 13.0 Å². The van der Waals surface area contributed by atoms with E-state index in [1.54, 1.807) is 6.92 Å². The second kappa shape index (κ2) is 8.95. The Morgan fingerprint density at radius 2 is 1.89 bits per heavy atom. The molecule has 0 bridgehead atoms. The topological polar surface area (TPSA) is 55.4 Å². The number of amides is 1. The van der Waals surface area contributed by atoms with Crippen LogP contribution >= 0.6 is 0 Å². The summed E-state index contributed by atoms with van der Waals surface area (Å²) in [4.78, 5) is 22.6. The van der Waals surface area contributed by atoms with E-state index < -0.39 is 0 Å². The van der Waals surface area contributed by atoms with Crippen molar-refractivity contribution in [3.8, 4) is 0 Å². The summed E-state index contributed by atoms with van der Waals surface area (Å²) < 4.78 is 4.79. The smallest absolute Gasteiger partial charge is 0.307 e. The van der Waals surface area contributed by atoms with Crippen LogP contribution in [0.5, 0.6) is 0 Å². The van der Waals surface area contributed by atoms with Gasteiger partial charge in [-0.25, -0.2) is 0 Å². The van der Waals surface area contributed by atoms with Crippen LogP contribution in [0.15, 0.2) is 0 Å². The predicted octanol–water partition coefficient (Wildman–Crippen LogP) is 2.42. The van der Waals surface area contributed by atoms with Gasteiger partial charge in [-0.2, -0.15) is 0 Å². The fourth-order valence-electron chi connectivity index (χ4n) is 2.44. The van der Waals surface area contributed by atoms with Gasteiger partial charge < -0.3 is 10.1 Å². The summed E-state index contributed by atoms with van der Waals surface area (Å²) in [6.07, 6.45) is 8.38. The molecule has 1 fully saturated rings. The lowest BCUT2D eigenvalue weighted by molar-refractivity contribution is -0.143. The third-order valence-electron chi connectivity index (χ3n) is 3.46. The van der Waals surface area contributed by atoms with Crippen LogP contribution in [0.1, 0.15) is 58.3 Å². The molecule has 1 N–H and O–H groups in total. The molecule has 0 aliphatic heterocycles. The minimum absolute atomic E-state index is 0.0601. The van der Waals surface area contributed by atoms with Crippen molar-refractivity contribution < 1.29 is 14.3 Å². The van der Waals surface area contributed by atoms with Crippen LogP contribution in [-0.4, -0.2) is 25.0 Å². The minimum atomic E-state index is -0.245. The van der Waals surface area contributed by atoms with Crippen LogP contribution in [0.4, 0.5) is 0 Å². The maximum absolute atomic E-state index is 11.6. The largest absolute Gasteiger partial charge is 0.466 e. The number of esters is 1. The summed E-state index contributed by atoms with van der Waals surface area (Å²) in [7, 11) is 0. The molecule has 0 aromatic heterocycles. The molecule has 1 aliphatic rings. The first-order valence-corrected chi connectivity index (χ1v) is 7.14. The molecular weight excluding hydrogens is 230 g/mol. The van der Waals surface area contributed by atoms with Crippen LogP contribution in [-0.2, 0) is 14.3 Å². The molecule has 0 atom stereocenters. The van der Waals surface area contributed by atoms with Gasteiger partial charge in [0.2, 0.25) is 5.91 Å². The molecule has 0 radical (unpaired) electrons. The zero-order valence-electron chi connectivity index (χ0n) is 11.4. The van der Waals surface area contributed by atoms with E-state index in [0.717, 1.165) is 12.3 Å². The van der Waals surface area contributed by atoms with E-state index in [0.29, 0.717) is 19.6 Å². The van der Waals surface area contributed by atoms with Crippen molar-refractivity contribution in [2.45, 2.75) is 58.3 Å². The van der Waals surface area contributed by atoms with Gasteiger partial charge in [-0.15, -0.1) is 0 Å². The molecule has 0 saturated heterocycles. The lowest BCUT2D eigenvalue weighted by Crippen LogP contribution is -2.27. The molecule has 0 aromatic rings. The molecule has 0 spiro atoms. The Balaban J connectivity index is 2.01. The molecule has 18 heavy (non-hydrogen) atoms. The van der Waals surface area contributed by atoms with E-state index >= 15 is 0 Å². The Morgan fingerprint density at radius 1 is 1.17 bits per heavy atom. The first kappa shape index (κ1) is 15.0. The summed E-state index contributed by atoms with van der Waals surface area (Å²) in [5.41, 5.74) is 0. The number of ether oxygens (including phenoxy) is 1. The van der Waals surface area contributed by atoms with Gasteiger partial charge in [0.25, 0.3) is 0 Å². The summed E-state index contributed by atoms with van der Waals surface area (Å²) in [6.45, 7) is 2.57. The van der Waals surface area contributed by atoms with E-state index in [1.807, 2.05) is 0 Å². The van der Waals surface area contributed by atoms with Gasteiger partial charge in [-0.3, -0.25) is 9.59 Å². The number of hydrogen-bond acceptors (Lipinski definition) is 3. The average Bonchev–Trinajstić information content (AvgIpc) is 2.38. The lowest BCUT2D eigenvalue weighted by Gasteiger charge is -2.20. The highest BCUT2D eigenvalue weighted by molar-refractivity contribution is 5.77. The number of carbonyl (C=O) groups is 2. The Morgan fingerprint density at radius 3 is 2.56 bits per heavy atom. The first-order valence-electron chi connectivity index (χ1n) is 7.14. The summed E-state index contributed by atoms with van der Waals surface area (Å²) >= 11 is 0. The fraction of sp³-hybridized carbons (Fsp3) is 0.857. The standard InChI is InChI=1S/C14H25NO3/c1-2-18-14(17)10-11-15-13(16)9-8-12-6-4-3-5-7-12/h12H,2-11H2,1H3,(H,15,16). The number of carbonyl (C=O) groups excluding carboxylic acids is 2. The summed E-state index contributed by atoms with van der Waals surface area (Å²) in [5, 5.41) is 2.77. The molecule has 0 aromatic carbocycles. The zero-order chi connectivity index (χ0) is 13.2. The highest BCUT2D eigenvalue weighted by Crippen LogP contribution is 2.27. The molecule has 1 saturated carbocycles. The molecule has 0 heterocycles. The number of rotatable bonds is 7. The minimum Gasteiger partial charge on any atom is -0.466 e. The molecule has 4 heteroatoms. The number of nitrogens with one attached hydrogen (secondary N) is 1. The van der Waals surface area contributed by atoms with E-state index in [4.69, 9.17) is 4.74 Å². The van der Waals surface area contributed by atoms with Crippen molar-refractivity contribution in [1.82, 2.24) is 5.32 Å². The number of hydrogen-bond donors (Lipinski definition) is 1. The second-order valence-electron chi connectivity index (χ2n) is 4.95. The monoisotopic (exact) mass is 255 g/mol. The third kappa shape index (κ3) is 6.62. The van der Waals surface area contributed by atoms with Crippen LogP contribution in [0.3, 0.4) is 0 Å². The Bertz CT molecular complexity index is 260. The van der Waals surface area contributed by atoms with Gasteiger partial charge in [0.05, 0.1) is 13.0 Å². The molecule has 4 nitrogen and oxygen atoms in total. The molecule has 1 rings (SSSR count). The van der Waals surface area contributed by atoms with Crippen LogP contribution in [0, 0.1) is 5.92 Å². The quantitative estimate of drug-likeness (QED) is 0.711. The normalized spacial score (nSPS) is 16.3. The van der Waals surface area contributed by atoms with E-state index in [9.17, 15) is 9.59 Å². The lowest BCUT2D eigenvalue weighted by atomic mass is 9.86. The zero-order valence-corrected chi connectivity index (χ0v) is 11.4. The molecular formula is C14H25NO3. The maximum atomic E-state index is 11.6. The van der Waals surface area contributed by atoms with Crippen molar-refractivity contribution in [2.24, 2.45) is 5.92 Å². The summed E-state index contributed by atoms with van der Waals surface area (Å²) in [6, 6.07) is 0. The van der Waals surface area contributed by atoms with Gasteiger partial charge in [-0.05, 0) is 19.3 Å². The van der Waals surface area contributed by atoms with Gasteiger partial charge in [0.15, 0.2) is 0 Å². The van der Waals surface area contributed by atoms with Crippen LogP contribution in [0.2, 0.25) is 0 Å². The van der Waals surface area contributed by atoms with Gasteiger partial charge in [-0.1, -0.05) is 32.1 Å². The fourth-order valence-corrected chi connectivity index (χ4v) is 2.44. The van der Waals surface area contributed by atoms with E-state index in [2.05, 4.69) is 5.32 Å². The van der Waals surface area contributed by atoms with Crippen molar-refractivity contribution in [1.29, 1.82) is 0 Å². The average molecular weight is 255 g/mol. The molecule has 1 amide bonds. The van der Waals surface area contributed by atoms with E-state index in [-0.39, 0.29) is 18.3 Å². The van der Waals surface area contributed by atoms with Crippen molar-refractivity contribution in [3.05, 3.63) is 0 Å². The summed E-state index contributed by atoms with van der Waals surface area (Å²) in [5.74, 6) is 0.546. The maximum Gasteiger partial charge on any atom is 0.307 e. The molecule has 1 aliphatic carbocycles.